The predicted octanol–water partition coefficient (Wildman–Crippen LogP) is 21.2. The first-order valence-electron chi connectivity index (χ1n) is 42.6. The third kappa shape index (κ3) is 23.5. The number of hydrogen-bond donors (Lipinski definition) is 5. The number of pyridine rings is 3. The van der Waals surface area contributed by atoms with E-state index in [1.807, 2.05) is 54.9 Å². The summed E-state index contributed by atoms with van der Waals surface area (Å²) in [6.45, 7) is 8.95. The molecule has 4 aliphatic rings. The average Bonchev–Trinajstić information content (AvgIpc) is 1.73. The van der Waals surface area contributed by atoms with Gasteiger partial charge >= 0.3 is 0 Å². The molecule has 8 aromatic carbocycles. The van der Waals surface area contributed by atoms with E-state index in [9.17, 15) is 52.8 Å². The van der Waals surface area contributed by atoms with Crippen LogP contribution >= 0.6 is 58.0 Å². The van der Waals surface area contributed by atoms with Gasteiger partial charge in [-0.05, 0) is 258 Å². The van der Waals surface area contributed by atoms with Gasteiger partial charge in [-0.1, -0.05) is 95.8 Å². The zero-order valence-corrected chi connectivity index (χ0v) is 78.3. The van der Waals surface area contributed by atoms with Crippen molar-refractivity contribution in [3.63, 3.8) is 0 Å². The molecule has 28 nitrogen and oxygen atoms in total. The van der Waals surface area contributed by atoms with E-state index < -0.39 is 40.1 Å². The molecule has 4 aliphatic heterocycles. The topological polar surface area (TPSA) is 355 Å². The Morgan fingerprint density at radius 2 is 0.827 bits per heavy atom. The Kier molecular flexibility index (Phi) is 30.2. The van der Waals surface area contributed by atoms with Crippen LogP contribution in [-0.4, -0.2) is 141 Å². The van der Waals surface area contributed by atoms with Gasteiger partial charge in [0.15, 0.2) is 5.69 Å². The number of nitrogens with one attached hydrogen (secondary N) is 5. The van der Waals surface area contributed by atoms with Crippen molar-refractivity contribution in [3.05, 3.63) is 314 Å². The molecule has 0 atom stereocenters. The lowest BCUT2D eigenvalue weighted by molar-refractivity contribution is 0.101. The van der Waals surface area contributed by atoms with Crippen LogP contribution in [0, 0.1) is 6.57 Å². The Bertz CT molecular complexity index is 7220. The van der Waals surface area contributed by atoms with Crippen LogP contribution in [0.3, 0.4) is 0 Å². The summed E-state index contributed by atoms with van der Waals surface area (Å²) in [5, 5.41) is 18.8. The molecule has 0 unspecified atom stereocenters. The molecule has 4 amide bonds. The van der Waals surface area contributed by atoms with Crippen LogP contribution in [0.25, 0.3) is 66.3 Å². The van der Waals surface area contributed by atoms with Crippen LogP contribution in [0.4, 0.5) is 51.2 Å². The quantitative estimate of drug-likeness (QED) is 0.0561. The van der Waals surface area contributed by atoms with Crippen LogP contribution < -0.4 is 38.5 Å². The fraction of sp³-hybridized carbons (Fsp3) is 0.208. The standard InChI is InChI=1S/C25H23ClN4O3S.C24H22ClN5O3S.C24H21ClN4O3S.C23H21Cl2N3O3S/c26-22-9-6-19(15-21(22)23-14-18-10-11-27-24(18)16-28-23)29-25(31)17-4-7-20(8-5-17)30-12-2-1-3-13-34(30,32)33;25-21-15-19(30-12-2-1-3-13-34(30,32)33)9-10-20(21)24(31)28-18-7-4-6-17(14-18)23-22-8-5-11-29(22)27-16-26-23;1-26-18-11-12-27-23(16-18)21-15-19(7-10-22(21)25)28-24(30)17-5-8-20(9-6-17)29-13-3-2-4-14-33(29,31)32;24-17-6-11-22(26-15-17)20-14-18(7-10-21(20)25)27-23(29)16-4-8-19(9-5-16)28-12-2-1-3-13-32(28,30)31/h4-11,14-16,27H,1-3,12-13H2,(H,29,31);4-11,14-16H,1-3,12-13H2,(H,28,31);5-12,15-16H,2-4,13-14H2,(H,28,30);4-11,14-15H,1-3,12-13H2,(H,27,29). The maximum absolute atomic E-state index is 13.0. The van der Waals surface area contributed by atoms with Crippen molar-refractivity contribution in [3.8, 4) is 45.0 Å². The first-order chi connectivity index (χ1) is 64.0. The Hall–Kier alpha value is -12.8. The number of amides is 4. The number of sulfonamides is 4. The number of rotatable bonds is 16. The van der Waals surface area contributed by atoms with Crippen molar-refractivity contribution >= 4 is 189 Å². The smallest absolute Gasteiger partial charge is 0.257 e. The van der Waals surface area contributed by atoms with E-state index in [0.717, 1.165) is 79.0 Å². The first-order valence-corrected chi connectivity index (χ1v) is 50.9. The maximum atomic E-state index is 13.0. The number of carbonyl (C=O) groups excluding carboxylic acids is 4. The van der Waals surface area contributed by atoms with E-state index in [1.165, 1.54) is 35.9 Å². The SMILES string of the molecule is O=C(Nc1ccc(Cl)c(-c2cc3cc[nH]c3cn2)c1)c1ccc(N2CCCCCS2(=O)=O)cc1.O=C(Nc1ccc(Cl)c(-c2ccc(Cl)cn2)c1)c1ccc(N2CCCCCS2(=O)=O)cc1.O=C(Nc1cccc(-c2ncnn3cccc23)c1)c1ccc(N2CCCCCS2(=O)=O)cc1Cl.[C-]#[N+]c1ccnc(-c2cc(NC(=O)c3ccc(N4CCCCCS4(=O)=O)cc3)ccc2Cl)c1. The molecular formula is C96H87Cl5N16O12S4. The number of anilines is 8. The Morgan fingerprint density at radius 1 is 0.383 bits per heavy atom. The van der Waals surface area contributed by atoms with Gasteiger partial charge in [-0.2, -0.15) is 5.10 Å². The van der Waals surface area contributed by atoms with Crippen LogP contribution in [-0.2, 0) is 40.1 Å². The minimum atomic E-state index is -3.39. The van der Waals surface area contributed by atoms with Gasteiger partial charge in [0.25, 0.3) is 23.6 Å². The van der Waals surface area contributed by atoms with Gasteiger partial charge in [0.1, 0.15) is 6.33 Å². The van der Waals surface area contributed by atoms with Gasteiger partial charge in [0.05, 0.1) is 123 Å². The highest BCUT2D eigenvalue weighted by Gasteiger charge is 2.31. The molecule has 6 aromatic heterocycles. The third-order valence-electron chi connectivity index (χ3n) is 22.4. The maximum Gasteiger partial charge on any atom is 0.257 e. The molecule has 0 spiro atoms. The summed E-state index contributed by atoms with van der Waals surface area (Å²) < 4.78 is 108. The first kappa shape index (κ1) is 94.8. The summed E-state index contributed by atoms with van der Waals surface area (Å²) in [6, 6.07) is 61.7. The number of nitrogens with zero attached hydrogens (tertiary/aromatic N) is 11. The molecule has 5 N–H and O–H groups in total. The van der Waals surface area contributed by atoms with E-state index in [0.29, 0.717) is 174 Å². The molecule has 0 radical (unpaired) electrons. The van der Waals surface area contributed by atoms with E-state index >= 15 is 0 Å². The number of benzene rings is 8. The lowest BCUT2D eigenvalue weighted by Gasteiger charge is -2.22. The monoisotopic (exact) mass is 1960 g/mol. The normalized spacial score (nSPS) is 15.6. The average molecular weight is 1960 g/mol. The highest BCUT2D eigenvalue weighted by atomic mass is 35.5. The van der Waals surface area contributed by atoms with E-state index in [-0.39, 0.29) is 57.2 Å². The van der Waals surface area contributed by atoms with Gasteiger partial charge in [-0.25, -0.2) is 48.0 Å². The van der Waals surface area contributed by atoms with Gasteiger partial charge in [0.2, 0.25) is 40.1 Å². The number of halogens is 5. The number of fused-ring (bicyclic) bond motifs is 2. The second-order valence-corrected chi connectivity index (χ2v) is 41.7. The molecule has 682 valence electrons. The molecule has 0 saturated carbocycles. The minimum absolute atomic E-state index is 0.116. The number of H-pyrrole nitrogens is 1. The summed E-state index contributed by atoms with van der Waals surface area (Å²) in [4.78, 5) is 75.3. The van der Waals surface area contributed by atoms with Crippen molar-refractivity contribution < 1.29 is 52.8 Å². The predicted molar refractivity (Wildman–Crippen MR) is 528 cm³/mol. The van der Waals surface area contributed by atoms with Crippen LogP contribution in [0.15, 0.2) is 256 Å². The van der Waals surface area contributed by atoms with Crippen molar-refractivity contribution in [2.24, 2.45) is 0 Å². The number of hydrogen-bond acceptors (Lipinski definition) is 17. The van der Waals surface area contributed by atoms with Crippen molar-refractivity contribution in [2.45, 2.75) is 77.0 Å². The van der Waals surface area contributed by atoms with Crippen molar-refractivity contribution in [1.29, 1.82) is 0 Å². The van der Waals surface area contributed by atoms with Crippen LogP contribution in [0.2, 0.25) is 25.1 Å². The summed E-state index contributed by atoms with van der Waals surface area (Å²) in [7, 11) is -13.4. The molecule has 0 bridgehead atoms. The van der Waals surface area contributed by atoms with Crippen LogP contribution in [0.5, 0.6) is 0 Å². The molecular weight excluding hydrogens is 1870 g/mol. The van der Waals surface area contributed by atoms with Gasteiger partial charge in [0, 0.05) is 118 Å². The van der Waals surface area contributed by atoms with E-state index in [2.05, 4.69) is 56.1 Å². The van der Waals surface area contributed by atoms with Crippen molar-refractivity contribution in [1.82, 2.24) is 34.5 Å². The van der Waals surface area contributed by atoms with Crippen LogP contribution in [0.1, 0.15) is 118 Å². The Morgan fingerprint density at radius 3 is 1.29 bits per heavy atom. The summed E-state index contributed by atoms with van der Waals surface area (Å²) in [6.07, 6.45) is 19.5. The fourth-order valence-electron chi connectivity index (χ4n) is 15.5. The molecule has 0 aliphatic carbocycles. The Labute approximate surface area is 794 Å². The van der Waals surface area contributed by atoms with E-state index in [1.54, 1.807) is 187 Å². The fourth-order valence-corrected chi connectivity index (χ4v) is 23.1. The van der Waals surface area contributed by atoms with Gasteiger partial charge in [-0.15, -0.1) is 0 Å². The highest BCUT2D eigenvalue weighted by Crippen LogP contribution is 2.38. The summed E-state index contributed by atoms with van der Waals surface area (Å²) >= 11 is 31.4. The largest absolute Gasteiger partial charge is 0.360 e. The molecule has 37 heteroatoms. The third-order valence-corrected chi connectivity index (χ3v) is 31.4. The molecule has 14 aromatic rings. The van der Waals surface area contributed by atoms with Crippen molar-refractivity contribution in [2.75, 3.05) is 87.7 Å². The summed E-state index contributed by atoms with van der Waals surface area (Å²) in [5.41, 5.74) is 13.6. The Balaban J connectivity index is 0.000000135. The zero-order valence-electron chi connectivity index (χ0n) is 71.2. The van der Waals surface area contributed by atoms with Gasteiger partial charge in [-0.3, -0.25) is 51.4 Å². The lowest BCUT2D eigenvalue weighted by atomic mass is 10.1. The second-order valence-electron chi connectivity index (χ2n) is 31.5. The van der Waals surface area contributed by atoms with E-state index in [4.69, 9.17) is 64.6 Å². The second kappa shape index (κ2) is 42.4. The number of carbonyl (C=O) groups is 4. The highest BCUT2D eigenvalue weighted by molar-refractivity contribution is 7.93. The molecule has 10 heterocycles. The minimum Gasteiger partial charge on any atom is -0.360 e. The molecule has 133 heavy (non-hydrogen) atoms. The van der Waals surface area contributed by atoms with Gasteiger partial charge < -0.3 is 26.3 Å². The number of aromatic nitrogens is 7. The lowest BCUT2D eigenvalue weighted by Crippen LogP contribution is -2.32. The summed E-state index contributed by atoms with van der Waals surface area (Å²) in [5.74, 6) is -0.775. The molecule has 18 rings (SSSR count). The zero-order chi connectivity index (χ0) is 93.6. The number of aromatic amines is 1. The molecule has 4 fully saturated rings. The molecule has 4 saturated heterocycles.